The monoisotopic (exact) mass is 273 g/mol. The largest absolute Gasteiger partial charge is 0.314 e. The number of aromatic nitrogens is 2. The van der Waals surface area contributed by atoms with Gasteiger partial charge in [0.25, 0.3) is 0 Å². The summed E-state index contributed by atoms with van der Waals surface area (Å²) in [5.74, 6) is 2.59. The third kappa shape index (κ3) is 3.78. The highest BCUT2D eigenvalue weighted by Gasteiger charge is 2.24. The molecule has 2 saturated carbocycles. The summed E-state index contributed by atoms with van der Waals surface area (Å²) in [4.78, 5) is 9.49. The van der Waals surface area contributed by atoms with Gasteiger partial charge in [-0.2, -0.15) is 0 Å². The van der Waals surface area contributed by atoms with E-state index in [1.54, 1.807) is 0 Å². The van der Waals surface area contributed by atoms with Gasteiger partial charge in [-0.25, -0.2) is 9.97 Å². The molecular weight excluding hydrogens is 246 g/mol. The molecule has 3 heteroatoms. The highest BCUT2D eigenvalue weighted by molar-refractivity contribution is 5.25. The Balaban J connectivity index is 1.61. The van der Waals surface area contributed by atoms with Crippen molar-refractivity contribution >= 4 is 0 Å². The molecule has 1 N–H and O–H groups in total. The average Bonchev–Trinajstić information content (AvgIpc) is 3.25. The maximum absolute atomic E-state index is 4.74. The number of nitrogens with one attached hydrogen (secondary N) is 1. The van der Waals surface area contributed by atoms with Gasteiger partial charge in [-0.3, -0.25) is 0 Å². The first-order valence-corrected chi connectivity index (χ1v) is 8.18. The summed E-state index contributed by atoms with van der Waals surface area (Å²) < 4.78 is 0. The molecule has 2 aliphatic rings. The standard InChI is InChI=1S/C17H27N3/c1-11(10-18-15-6-7-15)8-16-12(2)19-17(20-13(16)3)9-14-4-5-14/h11,14-15,18H,4-10H2,1-3H3. The van der Waals surface area contributed by atoms with E-state index < -0.39 is 0 Å². The summed E-state index contributed by atoms with van der Waals surface area (Å²) >= 11 is 0. The molecule has 0 aliphatic heterocycles. The van der Waals surface area contributed by atoms with Crippen LogP contribution in [0.25, 0.3) is 0 Å². The molecule has 0 aromatic carbocycles. The van der Waals surface area contributed by atoms with E-state index in [9.17, 15) is 0 Å². The van der Waals surface area contributed by atoms with Crippen molar-refractivity contribution in [3.63, 3.8) is 0 Å². The predicted molar refractivity (Wildman–Crippen MR) is 81.8 cm³/mol. The Morgan fingerprint density at radius 2 is 1.75 bits per heavy atom. The number of hydrogen-bond acceptors (Lipinski definition) is 3. The van der Waals surface area contributed by atoms with Crippen molar-refractivity contribution < 1.29 is 0 Å². The van der Waals surface area contributed by atoms with E-state index in [1.165, 1.54) is 42.6 Å². The zero-order chi connectivity index (χ0) is 14.1. The van der Waals surface area contributed by atoms with Crippen LogP contribution in [0.2, 0.25) is 0 Å². The quantitative estimate of drug-likeness (QED) is 0.830. The zero-order valence-electron chi connectivity index (χ0n) is 13.1. The van der Waals surface area contributed by atoms with Crippen molar-refractivity contribution in [2.75, 3.05) is 6.54 Å². The van der Waals surface area contributed by atoms with Gasteiger partial charge >= 0.3 is 0 Å². The lowest BCUT2D eigenvalue weighted by atomic mass is 9.98. The SMILES string of the molecule is Cc1nc(CC2CC2)nc(C)c1CC(C)CNC1CC1. The van der Waals surface area contributed by atoms with E-state index in [0.717, 1.165) is 37.2 Å². The van der Waals surface area contributed by atoms with Crippen LogP contribution in [0, 0.1) is 25.7 Å². The number of hydrogen-bond donors (Lipinski definition) is 1. The zero-order valence-corrected chi connectivity index (χ0v) is 13.1. The second kappa shape index (κ2) is 5.80. The van der Waals surface area contributed by atoms with E-state index in [-0.39, 0.29) is 0 Å². The van der Waals surface area contributed by atoms with Crippen LogP contribution in [0.1, 0.15) is 55.4 Å². The molecule has 3 nitrogen and oxygen atoms in total. The smallest absolute Gasteiger partial charge is 0.129 e. The van der Waals surface area contributed by atoms with Gasteiger partial charge in [0, 0.05) is 23.9 Å². The molecule has 20 heavy (non-hydrogen) atoms. The molecule has 1 aromatic heterocycles. The highest BCUT2D eigenvalue weighted by atomic mass is 14.9. The fraction of sp³-hybridized carbons (Fsp3) is 0.765. The first kappa shape index (κ1) is 14.0. The maximum Gasteiger partial charge on any atom is 0.129 e. The van der Waals surface area contributed by atoms with E-state index in [2.05, 4.69) is 26.1 Å². The van der Waals surface area contributed by atoms with E-state index in [1.807, 2.05) is 0 Å². The lowest BCUT2D eigenvalue weighted by Crippen LogP contribution is -2.25. The molecule has 1 atom stereocenters. The van der Waals surface area contributed by atoms with E-state index >= 15 is 0 Å². The minimum Gasteiger partial charge on any atom is -0.314 e. The Kier molecular flexibility index (Phi) is 4.06. The van der Waals surface area contributed by atoms with Crippen molar-refractivity contribution in [2.24, 2.45) is 11.8 Å². The molecule has 1 heterocycles. The van der Waals surface area contributed by atoms with Crippen molar-refractivity contribution in [3.8, 4) is 0 Å². The normalized spacial score (nSPS) is 20.1. The molecule has 0 spiro atoms. The number of aryl methyl sites for hydroxylation is 2. The summed E-state index contributed by atoms with van der Waals surface area (Å²) in [6, 6.07) is 0.803. The molecule has 3 rings (SSSR count). The van der Waals surface area contributed by atoms with Crippen LogP contribution >= 0.6 is 0 Å². The highest BCUT2D eigenvalue weighted by Crippen LogP contribution is 2.32. The molecule has 0 amide bonds. The molecule has 2 aliphatic carbocycles. The van der Waals surface area contributed by atoms with Crippen molar-refractivity contribution in [3.05, 3.63) is 22.8 Å². The van der Waals surface area contributed by atoms with Crippen molar-refractivity contribution in [1.29, 1.82) is 0 Å². The Labute approximate surface area is 122 Å². The molecule has 0 bridgehead atoms. The Morgan fingerprint density at radius 3 is 2.30 bits per heavy atom. The second-order valence-electron chi connectivity index (χ2n) is 6.93. The first-order valence-electron chi connectivity index (χ1n) is 8.18. The van der Waals surface area contributed by atoms with Crippen molar-refractivity contribution in [1.82, 2.24) is 15.3 Å². The first-order chi connectivity index (χ1) is 9.61. The van der Waals surface area contributed by atoms with Gasteiger partial charge in [0.2, 0.25) is 0 Å². The van der Waals surface area contributed by atoms with Gasteiger partial charge in [-0.15, -0.1) is 0 Å². The molecule has 0 radical (unpaired) electrons. The summed E-state index contributed by atoms with van der Waals surface area (Å²) in [6.07, 6.45) is 7.65. The van der Waals surface area contributed by atoms with Crippen LogP contribution in [0.4, 0.5) is 0 Å². The van der Waals surface area contributed by atoms with Gasteiger partial charge in [0.05, 0.1) is 0 Å². The van der Waals surface area contributed by atoms with Crippen molar-refractivity contribution in [2.45, 2.75) is 65.3 Å². The maximum atomic E-state index is 4.74. The van der Waals surface area contributed by atoms with E-state index in [0.29, 0.717) is 5.92 Å². The van der Waals surface area contributed by atoms with Crippen LogP contribution in [-0.4, -0.2) is 22.6 Å². The van der Waals surface area contributed by atoms with Gasteiger partial charge in [-0.05, 0) is 69.9 Å². The minimum absolute atomic E-state index is 0.658. The third-order valence-electron chi connectivity index (χ3n) is 4.52. The summed E-state index contributed by atoms with van der Waals surface area (Å²) in [5.41, 5.74) is 3.77. The van der Waals surface area contributed by atoms with Crippen LogP contribution < -0.4 is 5.32 Å². The van der Waals surface area contributed by atoms with Gasteiger partial charge < -0.3 is 5.32 Å². The van der Waals surface area contributed by atoms with Crippen LogP contribution in [0.5, 0.6) is 0 Å². The topological polar surface area (TPSA) is 37.8 Å². The number of rotatable bonds is 7. The fourth-order valence-corrected chi connectivity index (χ4v) is 2.85. The number of nitrogens with zero attached hydrogens (tertiary/aromatic N) is 2. The third-order valence-corrected chi connectivity index (χ3v) is 4.52. The van der Waals surface area contributed by atoms with E-state index in [4.69, 9.17) is 9.97 Å². The lowest BCUT2D eigenvalue weighted by Gasteiger charge is -2.16. The molecular formula is C17H27N3. The van der Waals surface area contributed by atoms with Crippen LogP contribution in [0.3, 0.4) is 0 Å². The fourth-order valence-electron chi connectivity index (χ4n) is 2.85. The predicted octanol–water partition coefficient (Wildman–Crippen LogP) is 2.98. The van der Waals surface area contributed by atoms with Gasteiger partial charge in [0.1, 0.15) is 5.82 Å². The Bertz CT molecular complexity index is 452. The summed E-state index contributed by atoms with van der Waals surface area (Å²) in [7, 11) is 0. The summed E-state index contributed by atoms with van der Waals surface area (Å²) in [5, 5.41) is 3.62. The molecule has 1 aromatic rings. The average molecular weight is 273 g/mol. The minimum atomic E-state index is 0.658. The molecule has 2 fully saturated rings. The van der Waals surface area contributed by atoms with Crippen LogP contribution in [-0.2, 0) is 12.8 Å². The van der Waals surface area contributed by atoms with Gasteiger partial charge in [0.15, 0.2) is 0 Å². The van der Waals surface area contributed by atoms with Crippen LogP contribution in [0.15, 0.2) is 0 Å². The Morgan fingerprint density at radius 1 is 1.10 bits per heavy atom. The van der Waals surface area contributed by atoms with Gasteiger partial charge in [-0.1, -0.05) is 6.92 Å². The lowest BCUT2D eigenvalue weighted by molar-refractivity contribution is 0.505. The summed E-state index contributed by atoms with van der Waals surface area (Å²) in [6.45, 7) is 7.75. The second-order valence-corrected chi connectivity index (χ2v) is 6.93. The Hall–Kier alpha value is -0.960. The molecule has 110 valence electrons. The molecule has 1 unspecified atom stereocenters. The molecule has 0 saturated heterocycles.